The highest BCUT2D eigenvalue weighted by Crippen LogP contribution is 2.41. The quantitative estimate of drug-likeness (QED) is 0.625. The van der Waals surface area contributed by atoms with E-state index in [1.165, 1.54) is 11.3 Å². The number of anilines is 2. The number of amidine groups is 1. The summed E-state index contributed by atoms with van der Waals surface area (Å²) in [5.41, 5.74) is 3.62. The van der Waals surface area contributed by atoms with Crippen LogP contribution in [0.25, 0.3) is 0 Å². The van der Waals surface area contributed by atoms with Crippen molar-refractivity contribution in [1.82, 2.24) is 10.3 Å². The van der Waals surface area contributed by atoms with Crippen LogP contribution in [0.2, 0.25) is 0 Å². The Hall–Kier alpha value is -3.04. The van der Waals surface area contributed by atoms with Crippen molar-refractivity contribution in [3.05, 3.63) is 36.2 Å². The lowest BCUT2D eigenvalue weighted by atomic mass is 9.78. The molecule has 1 spiro atoms. The van der Waals surface area contributed by atoms with E-state index in [1.807, 2.05) is 6.20 Å². The van der Waals surface area contributed by atoms with Crippen LogP contribution >= 0.6 is 0 Å². The van der Waals surface area contributed by atoms with Crippen molar-refractivity contribution in [2.75, 3.05) is 36.8 Å². The van der Waals surface area contributed by atoms with E-state index in [4.69, 9.17) is 10.1 Å². The normalized spacial score (nSPS) is 32.2. The van der Waals surface area contributed by atoms with Crippen LogP contribution in [0.1, 0.15) is 38.7 Å². The van der Waals surface area contributed by atoms with E-state index in [2.05, 4.69) is 58.0 Å². The number of carbonyl (C=O) groups is 1. The summed E-state index contributed by atoms with van der Waals surface area (Å²) in [7, 11) is 0. The third-order valence-electron chi connectivity index (χ3n) is 7.47. The number of hydrogen-bond donors (Lipinski definition) is 3. The van der Waals surface area contributed by atoms with Crippen LogP contribution in [0.3, 0.4) is 0 Å². The zero-order valence-electron chi connectivity index (χ0n) is 18.6. The zero-order chi connectivity index (χ0) is 22.0. The monoisotopic (exact) mass is 433 g/mol. The van der Waals surface area contributed by atoms with E-state index in [0.29, 0.717) is 12.4 Å². The molecule has 5 aliphatic heterocycles. The average molecular weight is 434 g/mol. The van der Waals surface area contributed by atoms with Gasteiger partial charge in [0.15, 0.2) is 6.20 Å². The highest BCUT2D eigenvalue weighted by atomic mass is 16.2. The van der Waals surface area contributed by atoms with Crippen LogP contribution in [-0.2, 0) is 10.2 Å². The van der Waals surface area contributed by atoms with Gasteiger partial charge in [0.1, 0.15) is 6.21 Å². The minimum absolute atomic E-state index is 0.0136. The largest absolute Gasteiger partial charge is 0.385 e. The van der Waals surface area contributed by atoms with E-state index in [-0.39, 0.29) is 21.4 Å². The second-order valence-corrected chi connectivity index (χ2v) is 10.2. The molecule has 2 fully saturated rings. The average Bonchev–Trinajstić information content (AvgIpc) is 3.45. The molecule has 5 aliphatic rings. The second kappa shape index (κ2) is 6.73. The molecule has 0 radical (unpaired) electrons. The predicted molar refractivity (Wildman–Crippen MR) is 125 cm³/mol. The summed E-state index contributed by atoms with van der Waals surface area (Å²) in [6.45, 7) is 7.93. The van der Waals surface area contributed by atoms with Gasteiger partial charge < -0.3 is 16.0 Å². The Morgan fingerprint density at radius 3 is 2.97 bits per heavy atom. The maximum Gasteiger partial charge on any atom is 0.301 e. The van der Waals surface area contributed by atoms with Gasteiger partial charge in [-0.2, -0.15) is 0 Å². The number of rotatable bonds is 2. The molecule has 0 aromatic heterocycles. The molecule has 32 heavy (non-hydrogen) atoms. The molecule has 2 saturated heterocycles. The first-order chi connectivity index (χ1) is 15.4. The second-order valence-electron chi connectivity index (χ2n) is 10.2. The van der Waals surface area contributed by atoms with Gasteiger partial charge in [-0.05, 0) is 45.8 Å². The van der Waals surface area contributed by atoms with E-state index in [0.717, 1.165) is 50.5 Å². The van der Waals surface area contributed by atoms with Gasteiger partial charge in [-0.3, -0.25) is 9.79 Å². The van der Waals surface area contributed by atoms with Gasteiger partial charge in [0.2, 0.25) is 5.91 Å². The van der Waals surface area contributed by atoms with Crippen molar-refractivity contribution in [1.29, 1.82) is 0 Å². The minimum atomic E-state index is -0.0136. The molecule has 1 amide bonds. The summed E-state index contributed by atoms with van der Waals surface area (Å²) in [5, 5.41) is 17.2. The van der Waals surface area contributed by atoms with E-state index < -0.39 is 0 Å². The molecular weight excluding hydrogens is 404 g/mol. The summed E-state index contributed by atoms with van der Waals surface area (Å²) >= 11 is 0. The number of carbonyl (C=O) groups excluding carboxylic acids is 1. The van der Waals surface area contributed by atoms with Gasteiger partial charge in [0.25, 0.3) is 5.96 Å². The molecule has 0 saturated carbocycles. The molecule has 9 nitrogen and oxygen atoms in total. The summed E-state index contributed by atoms with van der Waals surface area (Å²) < 4.78 is 0.179. The maximum atomic E-state index is 11.9. The molecule has 166 valence electrons. The Balaban J connectivity index is 1.28. The maximum absolute atomic E-state index is 11.9. The summed E-state index contributed by atoms with van der Waals surface area (Å²) in [4.78, 5) is 20.9. The molecule has 2 atom stereocenters. The molecule has 0 aliphatic carbocycles. The summed E-state index contributed by atoms with van der Waals surface area (Å²) in [5.74, 6) is 1.48. The number of amides is 1. The Morgan fingerprint density at radius 2 is 2.12 bits per heavy atom. The van der Waals surface area contributed by atoms with Gasteiger partial charge >= 0.3 is 5.84 Å². The van der Waals surface area contributed by atoms with Crippen LogP contribution in [0.15, 0.2) is 45.7 Å². The smallest absolute Gasteiger partial charge is 0.301 e. The molecule has 1 aromatic carbocycles. The van der Waals surface area contributed by atoms with Crippen LogP contribution in [-0.4, -0.2) is 59.8 Å². The van der Waals surface area contributed by atoms with Gasteiger partial charge in [0.05, 0.1) is 19.3 Å². The van der Waals surface area contributed by atoms with Crippen molar-refractivity contribution in [3.63, 3.8) is 0 Å². The highest BCUT2D eigenvalue weighted by molar-refractivity contribution is 6.30. The van der Waals surface area contributed by atoms with Gasteiger partial charge in [-0.25, -0.2) is 0 Å². The third-order valence-corrected chi connectivity index (χ3v) is 7.47. The number of hydrogen-bond acceptors (Lipinski definition) is 7. The van der Waals surface area contributed by atoms with Crippen molar-refractivity contribution in [2.45, 2.75) is 38.5 Å². The molecule has 1 aromatic rings. The van der Waals surface area contributed by atoms with Crippen LogP contribution in [0.5, 0.6) is 0 Å². The fourth-order valence-electron chi connectivity index (χ4n) is 5.56. The van der Waals surface area contributed by atoms with E-state index >= 15 is 0 Å². The number of aliphatic imine (C=N–C) groups is 2. The Labute approximate surface area is 187 Å². The summed E-state index contributed by atoms with van der Waals surface area (Å²) in [6.07, 6.45) is 8.19. The molecule has 9 heteroatoms. The molecule has 0 bridgehead atoms. The first-order valence-electron chi connectivity index (χ1n) is 11.3. The zero-order valence-corrected chi connectivity index (χ0v) is 18.6. The molecule has 1 unspecified atom stereocenters. The first-order valence-corrected chi connectivity index (χ1v) is 11.3. The lowest BCUT2D eigenvalue weighted by molar-refractivity contribution is -0.915. The van der Waals surface area contributed by atoms with Crippen molar-refractivity contribution in [3.8, 4) is 0 Å². The van der Waals surface area contributed by atoms with Crippen molar-refractivity contribution < 1.29 is 9.50 Å². The first kappa shape index (κ1) is 19.6. The molecule has 5 heterocycles. The SMILES string of the molecule is CC1(C)CCNc2cc(NC3=N[N+]4(N5CC[C@@]6(CNC(=O)C6)C5)C=CN=CC4=N3)ccc21. The topological polar surface area (TPSA) is 93.5 Å². The number of nitrogens with one attached hydrogen (secondary N) is 3. The molecule has 6 rings (SSSR count). The van der Waals surface area contributed by atoms with Crippen molar-refractivity contribution in [2.24, 2.45) is 20.5 Å². The Bertz CT molecular complexity index is 1120. The van der Waals surface area contributed by atoms with Gasteiger partial charge in [-0.15, -0.1) is 10.0 Å². The number of benzene rings is 1. The molecular formula is C23H29N8O+. The van der Waals surface area contributed by atoms with Gasteiger partial charge in [0, 0.05) is 36.3 Å². The van der Waals surface area contributed by atoms with Gasteiger partial charge in [-0.1, -0.05) is 19.9 Å². The lowest BCUT2D eigenvalue weighted by Crippen LogP contribution is -2.56. The fourth-order valence-corrected chi connectivity index (χ4v) is 5.56. The highest BCUT2D eigenvalue weighted by Gasteiger charge is 2.55. The third kappa shape index (κ3) is 2.99. The van der Waals surface area contributed by atoms with Crippen LogP contribution < -0.4 is 16.0 Å². The number of fused-ring (bicyclic) bond motifs is 2. The Kier molecular flexibility index (Phi) is 4.13. The van der Waals surface area contributed by atoms with Crippen LogP contribution in [0, 0.1) is 5.41 Å². The lowest BCUT2D eigenvalue weighted by Gasteiger charge is -2.33. The number of guanidine groups is 1. The molecule has 3 N–H and O–H groups in total. The standard InChI is InChI=1S/C23H28N8O/c1-22(2)5-7-25-18-11-16(3-4-17(18)22)27-21-28-19-13-24-8-10-31(19,29-21)30-9-6-23(15-30)12-20(32)26-14-23/h3-4,8,10-11,13,25H,5-7,9,12,14-15H2,1-2H3,(H-,26,27,29,32)/p+1/t23-,31?/m1/s1. The van der Waals surface area contributed by atoms with E-state index in [1.54, 1.807) is 12.4 Å². The minimum Gasteiger partial charge on any atom is -0.385 e. The Morgan fingerprint density at radius 1 is 1.22 bits per heavy atom. The predicted octanol–water partition coefficient (Wildman–Crippen LogP) is 2.37. The van der Waals surface area contributed by atoms with Crippen LogP contribution in [0.4, 0.5) is 11.4 Å². The fraction of sp³-hybridized carbons (Fsp3) is 0.478. The summed E-state index contributed by atoms with van der Waals surface area (Å²) in [6, 6.07) is 6.44. The van der Waals surface area contributed by atoms with E-state index in [9.17, 15) is 4.79 Å². The van der Waals surface area contributed by atoms with Crippen molar-refractivity contribution >= 4 is 35.3 Å². The number of nitrogens with zero attached hydrogens (tertiary/aromatic N) is 5. The number of quaternary nitrogens is 1.